The van der Waals surface area contributed by atoms with Crippen molar-refractivity contribution in [1.29, 1.82) is 0 Å². The highest BCUT2D eigenvalue weighted by atomic mass is 32.2. The molecule has 3 aromatic rings. The minimum Gasteiger partial charge on any atom is -0.486 e. The predicted molar refractivity (Wildman–Crippen MR) is 108 cm³/mol. The Morgan fingerprint density at radius 3 is 2.10 bits per heavy atom. The lowest BCUT2D eigenvalue weighted by molar-refractivity contribution is -0.384. The van der Waals surface area contributed by atoms with E-state index in [1.54, 1.807) is 18.2 Å². The van der Waals surface area contributed by atoms with Crippen LogP contribution in [0.3, 0.4) is 0 Å². The van der Waals surface area contributed by atoms with Gasteiger partial charge >= 0.3 is 0 Å². The van der Waals surface area contributed by atoms with E-state index >= 15 is 0 Å². The maximum Gasteiger partial charge on any atom is 0.269 e. The first-order chi connectivity index (χ1) is 14.4. The van der Waals surface area contributed by atoms with Gasteiger partial charge in [-0.15, -0.1) is 0 Å². The second-order valence-electron chi connectivity index (χ2n) is 6.29. The Morgan fingerprint density at radius 2 is 1.47 bits per heavy atom. The van der Waals surface area contributed by atoms with Crippen LogP contribution < -0.4 is 18.9 Å². The van der Waals surface area contributed by atoms with Crippen LogP contribution in [0, 0.1) is 10.1 Å². The average molecular weight is 428 g/mol. The molecule has 0 unspecified atom stereocenters. The van der Waals surface area contributed by atoms with Gasteiger partial charge in [0, 0.05) is 18.2 Å². The monoisotopic (exact) mass is 428 g/mol. The first-order valence-corrected chi connectivity index (χ1v) is 10.3. The normalized spacial score (nSPS) is 12.8. The third-order valence-electron chi connectivity index (χ3n) is 4.21. The number of anilines is 1. The largest absolute Gasteiger partial charge is 0.486 e. The first-order valence-electron chi connectivity index (χ1n) is 8.85. The molecule has 0 fully saturated rings. The fraction of sp³-hybridized carbons (Fsp3) is 0.100. The molecule has 0 atom stereocenters. The molecule has 9 nitrogen and oxygen atoms in total. The summed E-state index contributed by atoms with van der Waals surface area (Å²) in [5.41, 5.74) is 0.305. The lowest BCUT2D eigenvalue weighted by Crippen LogP contribution is -2.16. The number of fused-ring (bicyclic) bond motifs is 1. The number of hydrogen-bond donors (Lipinski definition) is 1. The number of non-ortho nitro benzene ring substituents is 1. The fourth-order valence-corrected chi connectivity index (χ4v) is 3.83. The summed E-state index contributed by atoms with van der Waals surface area (Å²) in [7, 11) is -3.82. The second-order valence-corrected chi connectivity index (χ2v) is 7.97. The summed E-state index contributed by atoms with van der Waals surface area (Å²) in [5.74, 6) is 1.83. The number of ether oxygens (including phenoxy) is 3. The van der Waals surface area contributed by atoms with Crippen molar-refractivity contribution in [3.05, 3.63) is 76.8 Å². The molecule has 30 heavy (non-hydrogen) atoms. The van der Waals surface area contributed by atoms with Crippen LogP contribution >= 0.6 is 0 Å². The van der Waals surface area contributed by atoms with E-state index in [4.69, 9.17) is 14.2 Å². The highest BCUT2D eigenvalue weighted by Gasteiger charge is 2.17. The Labute approximate surface area is 172 Å². The molecule has 1 heterocycles. The maximum absolute atomic E-state index is 12.7. The van der Waals surface area contributed by atoms with Gasteiger partial charge in [-0.2, -0.15) is 0 Å². The van der Waals surface area contributed by atoms with Gasteiger partial charge in [-0.1, -0.05) is 0 Å². The molecule has 0 amide bonds. The highest BCUT2D eigenvalue weighted by Crippen LogP contribution is 2.33. The smallest absolute Gasteiger partial charge is 0.269 e. The minimum absolute atomic E-state index is 0.0472. The zero-order chi connectivity index (χ0) is 21.1. The standard InChI is InChI=1S/C20H16N2O7S/c23-22(24)15-2-4-16(5-3-15)29-17-6-8-18(9-7-17)30(25,26)21-14-1-10-19-20(13-14)28-12-11-27-19/h1-10,13,21H,11-12H2. The summed E-state index contributed by atoms with van der Waals surface area (Å²) in [6.07, 6.45) is 0. The Morgan fingerprint density at radius 1 is 0.867 bits per heavy atom. The van der Waals surface area contributed by atoms with Crippen molar-refractivity contribution in [2.24, 2.45) is 0 Å². The maximum atomic E-state index is 12.7. The zero-order valence-electron chi connectivity index (χ0n) is 15.5. The van der Waals surface area contributed by atoms with Gasteiger partial charge in [0.05, 0.1) is 15.5 Å². The van der Waals surface area contributed by atoms with Gasteiger partial charge in [0.1, 0.15) is 24.7 Å². The molecule has 4 rings (SSSR count). The molecule has 0 aliphatic carbocycles. The van der Waals surface area contributed by atoms with Gasteiger partial charge in [-0.25, -0.2) is 8.42 Å². The van der Waals surface area contributed by atoms with E-state index in [0.29, 0.717) is 41.9 Å². The van der Waals surface area contributed by atoms with E-state index in [9.17, 15) is 18.5 Å². The van der Waals surface area contributed by atoms with Crippen LogP contribution in [0.1, 0.15) is 0 Å². The molecule has 0 aromatic heterocycles. The van der Waals surface area contributed by atoms with Crippen LogP contribution in [0.25, 0.3) is 0 Å². The number of nitro groups is 1. The van der Waals surface area contributed by atoms with Crippen molar-refractivity contribution in [3.8, 4) is 23.0 Å². The minimum atomic E-state index is -3.82. The van der Waals surface area contributed by atoms with E-state index < -0.39 is 14.9 Å². The average Bonchev–Trinajstić information content (AvgIpc) is 2.74. The molecule has 10 heteroatoms. The second kappa shape index (κ2) is 7.91. The Kier molecular flexibility index (Phi) is 5.15. The number of benzene rings is 3. The molecular weight excluding hydrogens is 412 g/mol. The molecule has 1 N–H and O–H groups in total. The van der Waals surface area contributed by atoms with Crippen molar-refractivity contribution in [2.45, 2.75) is 4.90 Å². The number of nitrogens with one attached hydrogen (secondary N) is 1. The lowest BCUT2D eigenvalue weighted by Gasteiger charge is -2.19. The Balaban J connectivity index is 1.46. The Hall–Kier alpha value is -3.79. The lowest BCUT2D eigenvalue weighted by atomic mass is 10.3. The van der Waals surface area contributed by atoms with Crippen molar-refractivity contribution in [3.63, 3.8) is 0 Å². The van der Waals surface area contributed by atoms with E-state index in [1.165, 1.54) is 48.5 Å². The van der Waals surface area contributed by atoms with Crippen LogP contribution in [0.5, 0.6) is 23.0 Å². The van der Waals surface area contributed by atoms with Gasteiger partial charge in [-0.3, -0.25) is 14.8 Å². The molecule has 0 saturated carbocycles. The highest BCUT2D eigenvalue weighted by molar-refractivity contribution is 7.92. The first kappa shape index (κ1) is 19.5. The van der Waals surface area contributed by atoms with Gasteiger partial charge in [0.2, 0.25) is 0 Å². The third kappa shape index (κ3) is 4.28. The van der Waals surface area contributed by atoms with Gasteiger partial charge < -0.3 is 14.2 Å². The van der Waals surface area contributed by atoms with Gasteiger partial charge in [0.25, 0.3) is 15.7 Å². The fourth-order valence-electron chi connectivity index (χ4n) is 2.78. The summed E-state index contributed by atoms with van der Waals surface area (Å²) in [5, 5.41) is 10.7. The molecule has 1 aliphatic rings. The van der Waals surface area contributed by atoms with E-state index in [1.807, 2.05) is 0 Å². The van der Waals surface area contributed by atoms with Crippen LogP contribution in [-0.4, -0.2) is 26.6 Å². The van der Waals surface area contributed by atoms with Crippen molar-refractivity contribution >= 4 is 21.4 Å². The zero-order valence-corrected chi connectivity index (χ0v) is 16.3. The number of hydrogen-bond acceptors (Lipinski definition) is 7. The molecule has 0 saturated heterocycles. The number of rotatable bonds is 6. The number of sulfonamides is 1. The van der Waals surface area contributed by atoms with Crippen LogP contribution in [0.4, 0.5) is 11.4 Å². The molecular formula is C20H16N2O7S. The van der Waals surface area contributed by atoms with Crippen LogP contribution in [0.15, 0.2) is 71.6 Å². The number of nitrogens with zero attached hydrogens (tertiary/aromatic N) is 1. The van der Waals surface area contributed by atoms with Crippen molar-refractivity contribution in [2.75, 3.05) is 17.9 Å². The van der Waals surface area contributed by atoms with Crippen molar-refractivity contribution < 1.29 is 27.6 Å². The SMILES string of the molecule is O=[N+]([O-])c1ccc(Oc2ccc(S(=O)(=O)Nc3ccc4c(c3)OCCO4)cc2)cc1. The summed E-state index contributed by atoms with van der Waals surface area (Å²) >= 11 is 0. The van der Waals surface area contributed by atoms with E-state index in [-0.39, 0.29) is 10.6 Å². The van der Waals surface area contributed by atoms with Gasteiger partial charge in [-0.05, 0) is 48.5 Å². The summed E-state index contributed by atoms with van der Waals surface area (Å²) in [6, 6.07) is 16.2. The third-order valence-corrected chi connectivity index (χ3v) is 5.61. The molecule has 154 valence electrons. The quantitative estimate of drug-likeness (QED) is 0.466. The molecule has 0 bridgehead atoms. The van der Waals surface area contributed by atoms with E-state index in [2.05, 4.69) is 4.72 Å². The van der Waals surface area contributed by atoms with E-state index in [0.717, 1.165) is 0 Å². The van der Waals surface area contributed by atoms with Crippen molar-refractivity contribution in [1.82, 2.24) is 0 Å². The topological polar surface area (TPSA) is 117 Å². The molecule has 3 aromatic carbocycles. The Bertz CT molecular complexity index is 1180. The number of nitro benzene ring substituents is 1. The van der Waals surface area contributed by atoms with Gasteiger partial charge in [0.15, 0.2) is 11.5 Å². The molecule has 0 spiro atoms. The van der Waals surface area contributed by atoms with Crippen LogP contribution in [0.2, 0.25) is 0 Å². The van der Waals surface area contributed by atoms with Crippen LogP contribution in [-0.2, 0) is 10.0 Å². The molecule has 0 radical (unpaired) electrons. The predicted octanol–water partition coefficient (Wildman–Crippen LogP) is 3.96. The summed E-state index contributed by atoms with van der Waals surface area (Å²) in [6.45, 7) is 0.853. The summed E-state index contributed by atoms with van der Waals surface area (Å²) < 4.78 is 44.3. The summed E-state index contributed by atoms with van der Waals surface area (Å²) in [4.78, 5) is 10.2. The molecule has 1 aliphatic heterocycles.